The fourth-order valence-corrected chi connectivity index (χ4v) is 3.85. The van der Waals surface area contributed by atoms with E-state index in [9.17, 15) is 4.79 Å². The van der Waals surface area contributed by atoms with Crippen LogP contribution in [0.2, 0.25) is 0 Å². The summed E-state index contributed by atoms with van der Waals surface area (Å²) in [6.45, 7) is 4.58. The van der Waals surface area contributed by atoms with Crippen LogP contribution >= 0.6 is 15.9 Å². The lowest BCUT2D eigenvalue weighted by molar-refractivity contribution is -0.126. The zero-order chi connectivity index (χ0) is 21.5. The van der Waals surface area contributed by atoms with Crippen LogP contribution in [0.15, 0.2) is 52.0 Å². The summed E-state index contributed by atoms with van der Waals surface area (Å²) in [5.74, 6) is 1.33. The van der Waals surface area contributed by atoms with Crippen molar-refractivity contribution in [2.75, 3.05) is 27.3 Å². The molecule has 0 unspecified atom stereocenters. The van der Waals surface area contributed by atoms with Crippen molar-refractivity contribution in [2.24, 2.45) is 11.0 Å². The third-order valence-electron chi connectivity index (χ3n) is 5.41. The summed E-state index contributed by atoms with van der Waals surface area (Å²) in [7, 11) is 3.21. The Labute approximate surface area is 186 Å². The van der Waals surface area contributed by atoms with E-state index in [0.29, 0.717) is 17.2 Å². The Morgan fingerprint density at radius 3 is 2.47 bits per heavy atom. The summed E-state index contributed by atoms with van der Waals surface area (Å²) < 4.78 is 11.7. The summed E-state index contributed by atoms with van der Waals surface area (Å²) in [6, 6.07) is 13.9. The van der Waals surface area contributed by atoms with Crippen LogP contribution in [0.1, 0.15) is 30.9 Å². The Morgan fingerprint density at radius 2 is 1.83 bits per heavy atom. The number of hydrogen-bond acceptors (Lipinski definition) is 5. The number of ether oxygens (including phenoxy) is 2. The average Bonchev–Trinajstić information content (AvgIpc) is 2.78. The zero-order valence-corrected chi connectivity index (χ0v) is 19.2. The molecule has 30 heavy (non-hydrogen) atoms. The summed E-state index contributed by atoms with van der Waals surface area (Å²) in [6.07, 6.45) is 1.67. The molecular weight excluding hydrogens is 446 g/mol. The van der Waals surface area contributed by atoms with E-state index in [0.717, 1.165) is 42.5 Å². The summed E-state index contributed by atoms with van der Waals surface area (Å²) >= 11 is 3.47. The SMILES string of the molecule is COc1ccc(/C(C)=N\NC(=O)C2CCN(Cc3ccc(Br)cc3)CC2)c(OC)c1. The summed E-state index contributed by atoms with van der Waals surface area (Å²) in [5, 5.41) is 4.31. The van der Waals surface area contributed by atoms with Crippen LogP contribution in [-0.2, 0) is 11.3 Å². The molecule has 7 heteroatoms. The number of benzene rings is 2. The highest BCUT2D eigenvalue weighted by molar-refractivity contribution is 9.10. The highest BCUT2D eigenvalue weighted by atomic mass is 79.9. The number of rotatable bonds is 7. The minimum atomic E-state index is -0.0230. The van der Waals surface area contributed by atoms with Gasteiger partial charge in [-0.25, -0.2) is 5.43 Å². The molecule has 0 bridgehead atoms. The van der Waals surface area contributed by atoms with Gasteiger partial charge in [0.25, 0.3) is 0 Å². The van der Waals surface area contributed by atoms with Gasteiger partial charge in [0, 0.05) is 28.6 Å². The molecule has 1 aliphatic heterocycles. The molecule has 0 saturated carbocycles. The van der Waals surface area contributed by atoms with Crippen molar-refractivity contribution in [1.82, 2.24) is 10.3 Å². The number of carbonyl (C=O) groups is 1. The second-order valence-corrected chi connectivity index (χ2v) is 8.33. The van der Waals surface area contributed by atoms with Gasteiger partial charge in [0.15, 0.2) is 0 Å². The number of halogens is 1. The molecule has 0 atom stereocenters. The molecular formula is C23H28BrN3O3. The summed E-state index contributed by atoms with van der Waals surface area (Å²) in [5.41, 5.74) is 5.54. The molecule has 0 aliphatic carbocycles. The van der Waals surface area contributed by atoms with Gasteiger partial charge in [-0.3, -0.25) is 9.69 Å². The lowest BCUT2D eigenvalue weighted by atomic mass is 9.96. The number of piperidine rings is 1. The van der Waals surface area contributed by atoms with E-state index < -0.39 is 0 Å². The normalized spacial score (nSPS) is 15.7. The van der Waals surface area contributed by atoms with Crippen LogP contribution in [0.4, 0.5) is 0 Å². The molecule has 1 N–H and O–H groups in total. The van der Waals surface area contributed by atoms with Crippen LogP contribution in [0, 0.1) is 5.92 Å². The first kappa shape index (κ1) is 22.3. The van der Waals surface area contributed by atoms with Crippen LogP contribution in [0.5, 0.6) is 11.5 Å². The maximum absolute atomic E-state index is 12.6. The first-order valence-electron chi connectivity index (χ1n) is 10.0. The van der Waals surface area contributed by atoms with Crippen molar-refractivity contribution < 1.29 is 14.3 Å². The van der Waals surface area contributed by atoms with Gasteiger partial charge in [-0.15, -0.1) is 0 Å². The summed E-state index contributed by atoms with van der Waals surface area (Å²) in [4.78, 5) is 15.0. The highest BCUT2D eigenvalue weighted by Crippen LogP contribution is 2.25. The number of hydrazone groups is 1. The maximum Gasteiger partial charge on any atom is 0.243 e. The first-order valence-corrected chi connectivity index (χ1v) is 10.8. The largest absolute Gasteiger partial charge is 0.497 e. The third-order valence-corrected chi connectivity index (χ3v) is 5.94. The number of nitrogens with one attached hydrogen (secondary N) is 1. The van der Waals surface area contributed by atoms with Crippen molar-refractivity contribution in [1.29, 1.82) is 0 Å². The molecule has 2 aromatic carbocycles. The second-order valence-electron chi connectivity index (χ2n) is 7.42. The van der Waals surface area contributed by atoms with Crippen molar-refractivity contribution >= 4 is 27.5 Å². The fourth-order valence-electron chi connectivity index (χ4n) is 3.59. The van der Waals surface area contributed by atoms with Gasteiger partial charge in [0.05, 0.1) is 19.9 Å². The van der Waals surface area contributed by atoms with E-state index in [1.807, 2.05) is 19.1 Å². The van der Waals surface area contributed by atoms with Crippen LogP contribution in [-0.4, -0.2) is 43.8 Å². The van der Waals surface area contributed by atoms with Crippen LogP contribution in [0.25, 0.3) is 0 Å². The first-order chi connectivity index (χ1) is 14.5. The minimum absolute atomic E-state index is 0.0134. The molecule has 0 radical (unpaired) electrons. The molecule has 1 saturated heterocycles. The topological polar surface area (TPSA) is 63.2 Å². The van der Waals surface area contributed by atoms with Gasteiger partial charge < -0.3 is 9.47 Å². The van der Waals surface area contributed by atoms with E-state index >= 15 is 0 Å². The van der Waals surface area contributed by atoms with E-state index in [1.165, 1.54) is 5.56 Å². The van der Waals surface area contributed by atoms with Crippen LogP contribution < -0.4 is 14.9 Å². The van der Waals surface area contributed by atoms with Crippen molar-refractivity contribution in [3.63, 3.8) is 0 Å². The number of carbonyl (C=O) groups excluding carboxylic acids is 1. The monoisotopic (exact) mass is 473 g/mol. The molecule has 1 aliphatic rings. The number of amides is 1. The molecule has 1 amide bonds. The molecule has 6 nitrogen and oxygen atoms in total. The zero-order valence-electron chi connectivity index (χ0n) is 17.7. The van der Waals surface area contributed by atoms with Gasteiger partial charge >= 0.3 is 0 Å². The third kappa shape index (κ3) is 5.83. The standard InChI is InChI=1S/C23H28BrN3O3/c1-16(21-9-8-20(29-2)14-22(21)30-3)25-26-23(28)18-10-12-27(13-11-18)15-17-4-6-19(24)7-5-17/h4-9,14,18H,10-13,15H2,1-3H3,(H,26,28)/b25-16-. The number of nitrogens with zero attached hydrogens (tertiary/aromatic N) is 2. The minimum Gasteiger partial charge on any atom is -0.497 e. The quantitative estimate of drug-likeness (QED) is 0.482. The van der Waals surface area contributed by atoms with Gasteiger partial charge in [0.1, 0.15) is 11.5 Å². The highest BCUT2D eigenvalue weighted by Gasteiger charge is 2.25. The Balaban J connectivity index is 1.52. The lowest BCUT2D eigenvalue weighted by Gasteiger charge is -2.31. The van der Waals surface area contributed by atoms with Gasteiger partial charge in [-0.1, -0.05) is 28.1 Å². The number of hydrogen-bond donors (Lipinski definition) is 1. The molecule has 0 spiro atoms. The van der Waals surface area contributed by atoms with Gasteiger partial charge in [-0.05, 0) is 62.7 Å². The number of methoxy groups -OCH3 is 2. The second kappa shape index (κ2) is 10.6. The van der Waals surface area contributed by atoms with Gasteiger partial charge in [-0.2, -0.15) is 5.10 Å². The van der Waals surface area contributed by atoms with Crippen molar-refractivity contribution in [3.05, 3.63) is 58.1 Å². The number of likely N-dealkylation sites (tertiary alicyclic amines) is 1. The Morgan fingerprint density at radius 1 is 1.13 bits per heavy atom. The molecule has 1 fully saturated rings. The van der Waals surface area contributed by atoms with E-state index in [4.69, 9.17) is 9.47 Å². The van der Waals surface area contributed by atoms with Crippen molar-refractivity contribution in [2.45, 2.75) is 26.3 Å². The predicted octanol–water partition coefficient (Wildman–Crippen LogP) is 4.22. The van der Waals surface area contributed by atoms with E-state index in [2.05, 4.69) is 55.6 Å². The van der Waals surface area contributed by atoms with Crippen molar-refractivity contribution in [3.8, 4) is 11.5 Å². The van der Waals surface area contributed by atoms with Gasteiger partial charge in [0.2, 0.25) is 5.91 Å². The van der Waals surface area contributed by atoms with E-state index in [-0.39, 0.29) is 11.8 Å². The lowest BCUT2D eigenvalue weighted by Crippen LogP contribution is -2.39. The molecule has 3 rings (SSSR count). The molecule has 0 aromatic heterocycles. The van der Waals surface area contributed by atoms with Crippen LogP contribution in [0.3, 0.4) is 0 Å². The fraction of sp³-hybridized carbons (Fsp3) is 0.391. The Bertz CT molecular complexity index is 891. The molecule has 2 aromatic rings. The molecule has 1 heterocycles. The Hall–Kier alpha value is -2.38. The van der Waals surface area contributed by atoms with E-state index in [1.54, 1.807) is 20.3 Å². The maximum atomic E-state index is 12.6. The smallest absolute Gasteiger partial charge is 0.243 e. The molecule has 160 valence electrons. The Kier molecular flexibility index (Phi) is 7.87. The predicted molar refractivity (Wildman–Crippen MR) is 122 cm³/mol. The average molecular weight is 474 g/mol.